The van der Waals surface area contributed by atoms with Crippen molar-refractivity contribution in [1.82, 2.24) is 0 Å². The number of methoxy groups -OCH3 is 1. The highest BCUT2D eigenvalue weighted by Gasteiger charge is 2.26. The van der Waals surface area contributed by atoms with Gasteiger partial charge in [0.2, 0.25) is 0 Å². The summed E-state index contributed by atoms with van der Waals surface area (Å²) in [7, 11) is 1.49. The molecule has 0 spiro atoms. The number of carbonyl (C=O) groups excluding carboxylic acids is 1. The highest BCUT2D eigenvalue weighted by Crippen LogP contribution is 2.32. The van der Waals surface area contributed by atoms with Crippen LogP contribution in [0.3, 0.4) is 0 Å². The molecule has 0 heterocycles. The third-order valence-electron chi connectivity index (χ3n) is 3.35. The summed E-state index contributed by atoms with van der Waals surface area (Å²) in [6, 6.07) is 0. The standard InChI is InChI=1S/C12H22O2/c1-3-4-5-10-6-8-11(9-7-10)12(13)14-2/h10-11H,3-9H2,1-2H3/t10-,11+. The lowest BCUT2D eigenvalue weighted by molar-refractivity contribution is -0.146. The second-order valence-corrected chi connectivity index (χ2v) is 4.38. The second kappa shape index (κ2) is 6.05. The first kappa shape index (κ1) is 11.5. The number of ether oxygens (including phenoxy) is 1. The Kier molecular flexibility index (Phi) is 4.99. The van der Waals surface area contributed by atoms with Gasteiger partial charge in [0, 0.05) is 0 Å². The summed E-state index contributed by atoms with van der Waals surface area (Å²) in [6.45, 7) is 2.24. The Morgan fingerprint density at radius 3 is 2.43 bits per heavy atom. The fourth-order valence-electron chi connectivity index (χ4n) is 2.35. The van der Waals surface area contributed by atoms with Crippen LogP contribution in [0, 0.1) is 11.8 Å². The van der Waals surface area contributed by atoms with E-state index < -0.39 is 0 Å². The van der Waals surface area contributed by atoms with Crippen LogP contribution in [-0.2, 0) is 9.53 Å². The molecule has 0 radical (unpaired) electrons. The van der Waals surface area contributed by atoms with E-state index in [1.165, 1.54) is 39.2 Å². The fourth-order valence-corrected chi connectivity index (χ4v) is 2.35. The van der Waals surface area contributed by atoms with Crippen molar-refractivity contribution in [1.29, 1.82) is 0 Å². The van der Waals surface area contributed by atoms with Crippen LogP contribution in [0.4, 0.5) is 0 Å². The molecule has 1 aliphatic rings. The zero-order valence-corrected chi connectivity index (χ0v) is 9.42. The molecule has 1 fully saturated rings. The van der Waals surface area contributed by atoms with Gasteiger partial charge in [-0.3, -0.25) is 4.79 Å². The van der Waals surface area contributed by atoms with Crippen LogP contribution in [0.15, 0.2) is 0 Å². The number of rotatable bonds is 4. The summed E-state index contributed by atoms with van der Waals surface area (Å²) in [4.78, 5) is 11.3. The molecule has 14 heavy (non-hydrogen) atoms. The molecule has 2 nitrogen and oxygen atoms in total. The number of carbonyl (C=O) groups is 1. The predicted octanol–water partition coefficient (Wildman–Crippen LogP) is 3.16. The summed E-state index contributed by atoms with van der Waals surface area (Å²) in [5.41, 5.74) is 0. The van der Waals surface area contributed by atoms with E-state index in [2.05, 4.69) is 6.92 Å². The monoisotopic (exact) mass is 198 g/mol. The van der Waals surface area contributed by atoms with Crippen LogP contribution < -0.4 is 0 Å². The first-order valence-corrected chi connectivity index (χ1v) is 5.85. The molecule has 1 rings (SSSR count). The number of hydrogen-bond acceptors (Lipinski definition) is 2. The Morgan fingerprint density at radius 2 is 1.93 bits per heavy atom. The minimum absolute atomic E-state index is 0.000980. The van der Waals surface area contributed by atoms with Gasteiger partial charge >= 0.3 is 5.97 Å². The SMILES string of the molecule is CCCC[C@H]1CC[C@@H](C(=O)OC)CC1. The average Bonchev–Trinajstić information content (AvgIpc) is 2.26. The van der Waals surface area contributed by atoms with E-state index in [0.29, 0.717) is 0 Å². The van der Waals surface area contributed by atoms with Gasteiger partial charge in [0.05, 0.1) is 13.0 Å². The van der Waals surface area contributed by atoms with Crippen LogP contribution >= 0.6 is 0 Å². The van der Waals surface area contributed by atoms with Gasteiger partial charge in [-0.05, 0) is 31.6 Å². The van der Waals surface area contributed by atoms with Crippen molar-refractivity contribution in [2.45, 2.75) is 51.9 Å². The Labute approximate surface area is 87.0 Å². The molecule has 0 atom stereocenters. The van der Waals surface area contributed by atoms with Crippen molar-refractivity contribution in [2.24, 2.45) is 11.8 Å². The van der Waals surface area contributed by atoms with E-state index >= 15 is 0 Å². The van der Waals surface area contributed by atoms with E-state index in [4.69, 9.17) is 4.74 Å². The first-order chi connectivity index (χ1) is 6.77. The minimum Gasteiger partial charge on any atom is -0.469 e. The lowest BCUT2D eigenvalue weighted by Crippen LogP contribution is -2.22. The fraction of sp³-hybridized carbons (Fsp3) is 0.917. The molecule has 0 aromatic heterocycles. The summed E-state index contributed by atoms with van der Waals surface area (Å²) in [6.07, 6.45) is 8.51. The van der Waals surface area contributed by atoms with Gasteiger partial charge in [0.15, 0.2) is 0 Å². The number of hydrogen-bond donors (Lipinski definition) is 0. The van der Waals surface area contributed by atoms with Gasteiger partial charge in [-0.15, -0.1) is 0 Å². The van der Waals surface area contributed by atoms with Gasteiger partial charge in [-0.1, -0.05) is 26.2 Å². The lowest BCUT2D eigenvalue weighted by Gasteiger charge is -2.26. The van der Waals surface area contributed by atoms with Crippen LogP contribution in [0.2, 0.25) is 0 Å². The normalized spacial score (nSPS) is 27.3. The van der Waals surface area contributed by atoms with E-state index in [1.807, 2.05) is 0 Å². The maximum atomic E-state index is 11.3. The van der Waals surface area contributed by atoms with Crippen molar-refractivity contribution in [2.75, 3.05) is 7.11 Å². The Hall–Kier alpha value is -0.530. The maximum absolute atomic E-state index is 11.3. The highest BCUT2D eigenvalue weighted by molar-refractivity contribution is 5.72. The van der Waals surface area contributed by atoms with Gasteiger partial charge in [0.1, 0.15) is 0 Å². The molecule has 82 valence electrons. The predicted molar refractivity (Wildman–Crippen MR) is 57.0 cm³/mol. The minimum atomic E-state index is -0.000980. The van der Waals surface area contributed by atoms with Crippen molar-refractivity contribution in [3.8, 4) is 0 Å². The highest BCUT2D eigenvalue weighted by atomic mass is 16.5. The van der Waals surface area contributed by atoms with Crippen LogP contribution in [0.1, 0.15) is 51.9 Å². The summed E-state index contributed by atoms with van der Waals surface area (Å²) < 4.78 is 4.77. The summed E-state index contributed by atoms with van der Waals surface area (Å²) in [5.74, 6) is 1.06. The van der Waals surface area contributed by atoms with E-state index in [-0.39, 0.29) is 11.9 Å². The molecule has 0 aromatic rings. The first-order valence-electron chi connectivity index (χ1n) is 5.85. The largest absolute Gasteiger partial charge is 0.469 e. The third-order valence-corrected chi connectivity index (χ3v) is 3.35. The zero-order chi connectivity index (χ0) is 10.4. The maximum Gasteiger partial charge on any atom is 0.308 e. The molecule has 0 aliphatic heterocycles. The van der Waals surface area contributed by atoms with Gasteiger partial charge in [-0.2, -0.15) is 0 Å². The molecule has 2 heteroatoms. The molecular weight excluding hydrogens is 176 g/mol. The molecule has 0 saturated heterocycles. The van der Waals surface area contributed by atoms with Gasteiger partial charge in [0.25, 0.3) is 0 Å². The lowest BCUT2D eigenvalue weighted by atomic mass is 9.80. The molecule has 1 saturated carbocycles. The second-order valence-electron chi connectivity index (χ2n) is 4.38. The molecular formula is C12H22O2. The van der Waals surface area contributed by atoms with Crippen LogP contribution in [0.25, 0.3) is 0 Å². The average molecular weight is 198 g/mol. The van der Waals surface area contributed by atoms with E-state index in [0.717, 1.165) is 18.8 Å². The Bertz CT molecular complexity index is 169. The number of unbranched alkanes of at least 4 members (excludes halogenated alkanes) is 1. The third kappa shape index (κ3) is 3.32. The molecule has 0 unspecified atom stereocenters. The zero-order valence-electron chi connectivity index (χ0n) is 9.42. The van der Waals surface area contributed by atoms with Gasteiger partial charge < -0.3 is 4.74 Å². The Morgan fingerprint density at radius 1 is 1.29 bits per heavy atom. The van der Waals surface area contributed by atoms with Crippen molar-refractivity contribution in [3.05, 3.63) is 0 Å². The smallest absolute Gasteiger partial charge is 0.308 e. The molecule has 1 aliphatic carbocycles. The van der Waals surface area contributed by atoms with Crippen molar-refractivity contribution < 1.29 is 9.53 Å². The molecule has 0 amide bonds. The van der Waals surface area contributed by atoms with E-state index in [1.54, 1.807) is 0 Å². The van der Waals surface area contributed by atoms with Crippen molar-refractivity contribution in [3.63, 3.8) is 0 Å². The van der Waals surface area contributed by atoms with E-state index in [9.17, 15) is 4.79 Å². The summed E-state index contributed by atoms with van der Waals surface area (Å²) >= 11 is 0. The van der Waals surface area contributed by atoms with Crippen molar-refractivity contribution >= 4 is 5.97 Å². The van der Waals surface area contributed by atoms with Crippen LogP contribution in [-0.4, -0.2) is 13.1 Å². The van der Waals surface area contributed by atoms with Crippen LogP contribution in [0.5, 0.6) is 0 Å². The van der Waals surface area contributed by atoms with Gasteiger partial charge in [-0.25, -0.2) is 0 Å². The quantitative estimate of drug-likeness (QED) is 0.649. The molecule has 0 aromatic carbocycles. The Balaban J connectivity index is 2.20. The molecule has 0 bridgehead atoms. The molecule has 0 N–H and O–H groups in total. The topological polar surface area (TPSA) is 26.3 Å². The summed E-state index contributed by atoms with van der Waals surface area (Å²) in [5, 5.41) is 0. The number of esters is 1.